The molecule has 0 bridgehead atoms. The molecule has 0 spiro atoms. The molecule has 1 amide bonds. The van der Waals surface area contributed by atoms with Crippen molar-refractivity contribution in [2.24, 2.45) is 7.05 Å². The van der Waals surface area contributed by atoms with E-state index in [2.05, 4.69) is 20.4 Å². The van der Waals surface area contributed by atoms with E-state index in [4.69, 9.17) is 0 Å². The van der Waals surface area contributed by atoms with Gasteiger partial charge in [-0.3, -0.25) is 18.8 Å². The highest BCUT2D eigenvalue weighted by Crippen LogP contribution is 2.07. The van der Waals surface area contributed by atoms with Crippen LogP contribution in [-0.2, 0) is 31.5 Å². The lowest BCUT2D eigenvalue weighted by Gasteiger charge is -2.08. The van der Waals surface area contributed by atoms with Crippen LogP contribution < -0.4 is 10.9 Å². The average molecular weight is 377 g/mol. The van der Waals surface area contributed by atoms with Gasteiger partial charge < -0.3 is 9.88 Å². The van der Waals surface area contributed by atoms with E-state index in [1.165, 1.54) is 21.8 Å². The van der Waals surface area contributed by atoms with E-state index in [-0.39, 0.29) is 18.0 Å². The fraction of sp³-hybridized carbons (Fsp3) is 0.211. The minimum absolute atomic E-state index is 0.0879. The zero-order valence-corrected chi connectivity index (χ0v) is 15.3. The molecule has 0 aliphatic rings. The number of aromatic nitrogens is 6. The maximum Gasteiger partial charge on any atom is 0.264 e. The molecule has 1 aromatic carbocycles. The molecule has 0 radical (unpaired) electrons. The van der Waals surface area contributed by atoms with Crippen molar-refractivity contribution in [2.75, 3.05) is 0 Å². The fourth-order valence-corrected chi connectivity index (χ4v) is 2.94. The second-order valence-electron chi connectivity index (χ2n) is 6.51. The molecule has 4 aromatic rings. The summed E-state index contributed by atoms with van der Waals surface area (Å²) >= 11 is 0. The number of benzene rings is 1. The predicted octanol–water partition coefficient (Wildman–Crippen LogP) is 0.691. The van der Waals surface area contributed by atoms with Crippen LogP contribution in [0.1, 0.15) is 11.1 Å². The average Bonchev–Trinajstić information content (AvgIpc) is 3.34. The van der Waals surface area contributed by atoms with Gasteiger partial charge in [0.25, 0.3) is 5.56 Å². The number of hydrogen-bond acceptors (Lipinski definition) is 5. The number of nitrogens with one attached hydrogen (secondary N) is 1. The number of nitrogens with zero attached hydrogens (tertiary/aromatic N) is 6. The number of carbonyl (C=O) groups is 1. The van der Waals surface area contributed by atoms with Crippen LogP contribution in [0.15, 0.2) is 60.3 Å². The van der Waals surface area contributed by atoms with Crippen LogP contribution in [-0.4, -0.2) is 34.8 Å². The summed E-state index contributed by atoms with van der Waals surface area (Å²) < 4.78 is 4.80. The van der Waals surface area contributed by atoms with Gasteiger partial charge in [0.1, 0.15) is 18.3 Å². The van der Waals surface area contributed by atoms with E-state index in [1.807, 2.05) is 35.0 Å². The van der Waals surface area contributed by atoms with Crippen molar-refractivity contribution in [3.63, 3.8) is 0 Å². The minimum atomic E-state index is -0.280. The summed E-state index contributed by atoms with van der Waals surface area (Å²) in [5.74, 6) is -0.255. The van der Waals surface area contributed by atoms with Crippen molar-refractivity contribution in [2.45, 2.75) is 19.6 Å². The highest BCUT2D eigenvalue weighted by atomic mass is 16.2. The van der Waals surface area contributed by atoms with E-state index < -0.39 is 0 Å². The van der Waals surface area contributed by atoms with Crippen LogP contribution in [0.4, 0.5) is 0 Å². The van der Waals surface area contributed by atoms with Gasteiger partial charge in [-0.05, 0) is 11.1 Å². The summed E-state index contributed by atoms with van der Waals surface area (Å²) in [6, 6.07) is 7.99. The number of rotatable bonds is 6. The van der Waals surface area contributed by atoms with Gasteiger partial charge in [0.2, 0.25) is 5.91 Å². The normalized spacial score (nSPS) is 11.0. The topological polar surface area (TPSA) is 99.6 Å². The van der Waals surface area contributed by atoms with Gasteiger partial charge in [-0.2, -0.15) is 5.10 Å². The summed E-state index contributed by atoms with van der Waals surface area (Å²) in [5.41, 5.74) is 2.35. The first kappa shape index (κ1) is 17.7. The Kier molecular flexibility index (Phi) is 4.71. The molecular weight excluding hydrogens is 358 g/mol. The summed E-state index contributed by atoms with van der Waals surface area (Å²) in [7, 11) is 1.71. The fourth-order valence-electron chi connectivity index (χ4n) is 2.94. The molecule has 0 atom stereocenters. The number of fused-ring (bicyclic) bond motifs is 1. The number of amides is 1. The largest absolute Gasteiger partial charge is 0.350 e. The van der Waals surface area contributed by atoms with Crippen LogP contribution in [0.5, 0.6) is 0 Å². The maximum atomic E-state index is 12.4. The third-order valence-electron chi connectivity index (χ3n) is 4.47. The second-order valence-corrected chi connectivity index (χ2v) is 6.51. The molecular formula is C19H19N7O2. The van der Waals surface area contributed by atoms with Gasteiger partial charge in [-0.25, -0.2) is 9.97 Å². The molecule has 3 heterocycles. The van der Waals surface area contributed by atoms with Gasteiger partial charge in [-0.1, -0.05) is 24.3 Å². The van der Waals surface area contributed by atoms with Crippen molar-refractivity contribution in [1.82, 2.24) is 34.2 Å². The molecule has 4 rings (SSSR count). The Labute approximate surface area is 160 Å². The molecule has 0 aliphatic carbocycles. The highest BCUT2D eigenvalue weighted by Gasteiger charge is 2.10. The summed E-state index contributed by atoms with van der Waals surface area (Å²) in [6.07, 6.45) is 8.26. The van der Waals surface area contributed by atoms with Crippen molar-refractivity contribution >= 4 is 16.9 Å². The van der Waals surface area contributed by atoms with Crippen LogP contribution in [0, 0.1) is 0 Å². The van der Waals surface area contributed by atoms with Gasteiger partial charge in [0, 0.05) is 32.5 Å². The Morgan fingerprint density at radius 3 is 2.68 bits per heavy atom. The monoisotopic (exact) mass is 377 g/mol. The first-order valence-electron chi connectivity index (χ1n) is 8.77. The molecule has 9 nitrogen and oxygen atoms in total. The number of imidazole rings is 1. The van der Waals surface area contributed by atoms with Crippen molar-refractivity contribution < 1.29 is 4.79 Å². The van der Waals surface area contributed by atoms with Crippen LogP contribution >= 0.6 is 0 Å². The smallest absolute Gasteiger partial charge is 0.264 e. The number of hydrogen-bond donors (Lipinski definition) is 1. The van der Waals surface area contributed by atoms with Gasteiger partial charge in [-0.15, -0.1) is 0 Å². The minimum Gasteiger partial charge on any atom is -0.350 e. The Bertz CT molecular complexity index is 1160. The molecule has 3 aromatic heterocycles. The van der Waals surface area contributed by atoms with E-state index >= 15 is 0 Å². The van der Waals surface area contributed by atoms with Crippen molar-refractivity contribution in [1.29, 1.82) is 0 Å². The molecule has 1 N–H and O–H groups in total. The number of aryl methyl sites for hydroxylation is 1. The quantitative estimate of drug-likeness (QED) is 0.533. The van der Waals surface area contributed by atoms with Gasteiger partial charge >= 0.3 is 0 Å². The lowest BCUT2D eigenvalue weighted by atomic mass is 10.1. The lowest BCUT2D eigenvalue weighted by molar-refractivity contribution is -0.121. The predicted molar refractivity (Wildman–Crippen MR) is 102 cm³/mol. The summed E-state index contributed by atoms with van der Waals surface area (Å²) in [6.45, 7) is 1.05. The standard InChI is InChI=1S/C19H19N7O2/c1-24-18-16(9-23-24)19(28)26(13-22-18)11-17(27)21-8-14-2-4-15(5-3-14)10-25-7-6-20-12-25/h2-7,9,12-13H,8,10-11H2,1H3,(H,21,27). The maximum absolute atomic E-state index is 12.4. The van der Waals surface area contributed by atoms with Gasteiger partial charge in [0.05, 0.1) is 12.5 Å². The molecule has 0 aliphatic heterocycles. The molecule has 0 saturated carbocycles. The zero-order valence-electron chi connectivity index (χ0n) is 15.3. The Morgan fingerprint density at radius 1 is 1.14 bits per heavy atom. The second kappa shape index (κ2) is 7.47. The lowest BCUT2D eigenvalue weighted by Crippen LogP contribution is -2.32. The SMILES string of the molecule is Cn1ncc2c(=O)n(CC(=O)NCc3ccc(Cn4ccnc4)cc3)cnc21. The van der Waals surface area contributed by atoms with Crippen LogP contribution in [0.3, 0.4) is 0 Å². The molecule has 28 heavy (non-hydrogen) atoms. The van der Waals surface area contributed by atoms with E-state index in [0.717, 1.165) is 17.7 Å². The zero-order chi connectivity index (χ0) is 19.5. The van der Waals surface area contributed by atoms with Crippen LogP contribution in [0.25, 0.3) is 11.0 Å². The summed E-state index contributed by atoms with van der Waals surface area (Å²) in [5, 5.41) is 7.24. The number of carbonyl (C=O) groups excluding carboxylic acids is 1. The van der Waals surface area contributed by atoms with Gasteiger partial charge in [0.15, 0.2) is 5.65 Å². The highest BCUT2D eigenvalue weighted by molar-refractivity contribution is 5.77. The van der Waals surface area contributed by atoms with Crippen molar-refractivity contribution in [3.8, 4) is 0 Å². The van der Waals surface area contributed by atoms with E-state index in [1.54, 1.807) is 19.6 Å². The van der Waals surface area contributed by atoms with E-state index in [0.29, 0.717) is 17.6 Å². The molecule has 0 saturated heterocycles. The molecule has 0 fully saturated rings. The molecule has 142 valence electrons. The Balaban J connectivity index is 1.35. The van der Waals surface area contributed by atoms with Crippen molar-refractivity contribution in [3.05, 3.63) is 77.0 Å². The first-order chi connectivity index (χ1) is 13.6. The third kappa shape index (κ3) is 3.68. The Hall–Kier alpha value is -3.75. The third-order valence-corrected chi connectivity index (χ3v) is 4.47. The van der Waals surface area contributed by atoms with Crippen LogP contribution in [0.2, 0.25) is 0 Å². The molecule has 0 unspecified atom stereocenters. The first-order valence-corrected chi connectivity index (χ1v) is 8.77. The summed E-state index contributed by atoms with van der Waals surface area (Å²) in [4.78, 5) is 32.8. The van der Waals surface area contributed by atoms with E-state index in [9.17, 15) is 9.59 Å². The molecule has 9 heteroatoms. The Morgan fingerprint density at radius 2 is 1.93 bits per heavy atom.